The van der Waals surface area contributed by atoms with Gasteiger partial charge in [-0.1, -0.05) is 0 Å². The standard InChI is InChI=1S/C7H15N2/c1-6(8)7-3-2-4-9-5-7/h6-7H,2-5,8H2,1H3. The minimum Gasteiger partial charge on any atom is -0.328 e. The van der Waals surface area contributed by atoms with Crippen LogP contribution in [0.3, 0.4) is 0 Å². The van der Waals surface area contributed by atoms with E-state index in [0.29, 0.717) is 12.0 Å². The van der Waals surface area contributed by atoms with E-state index in [9.17, 15) is 0 Å². The van der Waals surface area contributed by atoms with Crippen LogP contribution in [0.2, 0.25) is 0 Å². The largest absolute Gasteiger partial charge is 0.328 e. The van der Waals surface area contributed by atoms with Crippen molar-refractivity contribution in [1.29, 1.82) is 0 Å². The average Bonchev–Trinajstić information content (AvgIpc) is 1.90. The van der Waals surface area contributed by atoms with E-state index in [1.54, 1.807) is 0 Å². The Morgan fingerprint density at radius 1 is 1.67 bits per heavy atom. The summed E-state index contributed by atoms with van der Waals surface area (Å²) in [6, 6.07) is 0.342. The Hall–Kier alpha value is -0.0800. The summed E-state index contributed by atoms with van der Waals surface area (Å²) in [4.78, 5) is 0. The van der Waals surface area contributed by atoms with Gasteiger partial charge in [0.25, 0.3) is 0 Å². The first-order valence-corrected chi connectivity index (χ1v) is 3.69. The number of hydrogen-bond donors (Lipinski definition) is 1. The molecule has 1 fully saturated rings. The summed E-state index contributed by atoms with van der Waals surface area (Å²) in [6.45, 7) is 4.13. The SMILES string of the molecule is CC(N)C1CCC[N]C1. The van der Waals surface area contributed by atoms with Crippen LogP contribution in [0.4, 0.5) is 0 Å². The quantitative estimate of drug-likeness (QED) is 0.542. The van der Waals surface area contributed by atoms with E-state index in [1.807, 2.05) is 0 Å². The second-order valence-corrected chi connectivity index (χ2v) is 2.89. The van der Waals surface area contributed by atoms with Gasteiger partial charge in [0.1, 0.15) is 0 Å². The first-order valence-electron chi connectivity index (χ1n) is 3.69. The van der Waals surface area contributed by atoms with Crippen molar-refractivity contribution >= 4 is 0 Å². The lowest BCUT2D eigenvalue weighted by Gasteiger charge is -2.24. The highest BCUT2D eigenvalue weighted by Gasteiger charge is 2.16. The number of nitrogens with zero attached hydrogens (tertiary/aromatic N) is 1. The number of rotatable bonds is 1. The topological polar surface area (TPSA) is 40.1 Å². The molecule has 0 aromatic carbocycles. The Morgan fingerprint density at radius 3 is 2.78 bits per heavy atom. The first-order chi connectivity index (χ1) is 4.30. The Kier molecular flexibility index (Phi) is 2.49. The normalized spacial score (nSPS) is 32.0. The summed E-state index contributed by atoms with van der Waals surface area (Å²) in [7, 11) is 0. The van der Waals surface area contributed by atoms with Gasteiger partial charge >= 0.3 is 0 Å². The van der Waals surface area contributed by atoms with Gasteiger partial charge in [0.2, 0.25) is 0 Å². The van der Waals surface area contributed by atoms with Crippen LogP contribution < -0.4 is 11.1 Å². The molecular weight excluding hydrogens is 112 g/mol. The van der Waals surface area contributed by atoms with Gasteiger partial charge in [0, 0.05) is 19.1 Å². The van der Waals surface area contributed by atoms with Gasteiger partial charge in [0.15, 0.2) is 0 Å². The van der Waals surface area contributed by atoms with E-state index < -0.39 is 0 Å². The first kappa shape index (κ1) is 7.03. The van der Waals surface area contributed by atoms with Crippen LogP contribution >= 0.6 is 0 Å². The van der Waals surface area contributed by atoms with Crippen molar-refractivity contribution in [2.45, 2.75) is 25.8 Å². The average molecular weight is 127 g/mol. The van der Waals surface area contributed by atoms with Gasteiger partial charge in [-0.2, -0.15) is 0 Å². The Morgan fingerprint density at radius 2 is 2.44 bits per heavy atom. The highest BCUT2D eigenvalue weighted by atomic mass is 14.9. The molecular formula is C7H15N2. The van der Waals surface area contributed by atoms with Crippen LogP contribution in [0.25, 0.3) is 0 Å². The van der Waals surface area contributed by atoms with E-state index in [-0.39, 0.29) is 0 Å². The van der Waals surface area contributed by atoms with Gasteiger partial charge in [-0.25, -0.2) is 5.32 Å². The van der Waals surface area contributed by atoms with Crippen LogP contribution in [0, 0.1) is 5.92 Å². The molecule has 2 heteroatoms. The number of piperidine rings is 1. The molecule has 1 aliphatic heterocycles. The van der Waals surface area contributed by atoms with E-state index in [4.69, 9.17) is 5.73 Å². The van der Waals surface area contributed by atoms with Crippen LogP contribution in [-0.4, -0.2) is 19.1 Å². The fourth-order valence-corrected chi connectivity index (χ4v) is 1.24. The number of nitrogens with two attached hydrogens (primary N) is 1. The molecule has 2 N–H and O–H groups in total. The molecule has 0 amide bonds. The summed E-state index contributed by atoms with van der Waals surface area (Å²) in [6.07, 6.45) is 2.52. The molecule has 0 saturated carbocycles. The predicted octanol–water partition coefficient (Wildman–Crippen LogP) is 0.348. The van der Waals surface area contributed by atoms with Crippen LogP contribution in [0.1, 0.15) is 19.8 Å². The lowest BCUT2D eigenvalue weighted by Crippen LogP contribution is -2.36. The summed E-state index contributed by atoms with van der Waals surface area (Å²) in [5, 5.41) is 4.30. The summed E-state index contributed by atoms with van der Waals surface area (Å²) in [5.74, 6) is 0.666. The summed E-state index contributed by atoms with van der Waals surface area (Å²) < 4.78 is 0. The second-order valence-electron chi connectivity index (χ2n) is 2.89. The van der Waals surface area contributed by atoms with Gasteiger partial charge in [-0.3, -0.25) is 0 Å². The Balaban J connectivity index is 2.23. The molecule has 1 aliphatic rings. The van der Waals surface area contributed by atoms with E-state index in [2.05, 4.69) is 12.2 Å². The molecule has 2 nitrogen and oxygen atoms in total. The molecule has 0 aromatic heterocycles. The van der Waals surface area contributed by atoms with E-state index in [1.165, 1.54) is 12.8 Å². The summed E-state index contributed by atoms with van der Waals surface area (Å²) >= 11 is 0. The fourth-order valence-electron chi connectivity index (χ4n) is 1.24. The zero-order valence-corrected chi connectivity index (χ0v) is 6.01. The summed E-state index contributed by atoms with van der Waals surface area (Å²) in [5.41, 5.74) is 5.71. The molecule has 0 spiro atoms. The molecule has 2 atom stereocenters. The van der Waals surface area contributed by atoms with Crippen molar-refractivity contribution in [1.82, 2.24) is 5.32 Å². The molecule has 1 heterocycles. The van der Waals surface area contributed by atoms with Crippen LogP contribution in [0.15, 0.2) is 0 Å². The minimum absolute atomic E-state index is 0.342. The maximum absolute atomic E-state index is 5.71. The van der Waals surface area contributed by atoms with Gasteiger partial charge in [-0.15, -0.1) is 0 Å². The molecule has 2 unspecified atom stereocenters. The van der Waals surface area contributed by atoms with Crippen LogP contribution in [0.5, 0.6) is 0 Å². The van der Waals surface area contributed by atoms with Crippen molar-refractivity contribution in [3.8, 4) is 0 Å². The zero-order chi connectivity index (χ0) is 6.69. The van der Waals surface area contributed by atoms with Gasteiger partial charge < -0.3 is 5.73 Å². The fraction of sp³-hybridized carbons (Fsp3) is 1.00. The van der Waals surface area contributed by atoms with E-state index >= 15 is 0 Å². The smallest absolute Gasteiger partial charge is 0.0176 e. The third-order valence-electron chi connectivity index (χ3n) is 2.00. The van der Waals surface area contributed by atoms with Crippen LogP contribution in [-0.2, 0) is 0 Å². The highest BCUT2D eigenvalue weighted by Crippen LogP contribution is 2.12. The third kappa shape index (κ3) is 1.95. The minimum atomic E-state index is 0.342. The van der Waals surface area contributed by atoms with Crippen molar-refractivity contribution in [3.63, 3.8) is 0 Å². The van der Waals surface area contributed by atoms with E-state index in [0.717, 1.165) is 13.1 Å². The molecule has 1 saturated heterocycles. The second kappa shape index (κ2) is 3.18. The van der Waals surface area contributed by atoms with Gasteiger partial charge in [0.05, 0.1) is 0 Å². The lowest BCUT2D eigenvalue weighted by molar-refractivity contribution is 0.330. The number of hydrogen-bond acceptors (Lipinski definition) is 1. The maximum Gasteiger partial charge on any atom is 0.0176 e. The molecule has 0 aliphatic carbocycles. The third-order valence-corrected chi connectivity index (χ3v) is 2.00. The molecule has 9 heavy (non-hydrogen) atoms. The van der Waals surface area contributed by atoms with Crippen molar-refractivity contribution in [2.24, 2.45) is 11.7 Å². The van der Waals surface area contributed by atoms with Crippen molar-refractivity contribution in [2.75, 3.05) is 13.1 Å². The molecule has 1 radical (unpaired) electrons. The van der Waals surface area contributed by atoms with Crippen molar-refractivity contribution in [3.05, 3.63) is 0 Å². The Bertz CT molecular complexity index is 75.0. The maximum atomic E-state index is 5.71. The highest BCUT2D eigenvalue weighted by molar-refractivity contribution is 4.74. The Labute approximate surface area is 56.8 Å². The molecule has 53 valence electrons. The monoisotopic (exact) mass is 127 g/mol. The lowest BCUT2D eigenvalue weighted by atomic mass is 9.94. The molecule has 1 rings (SSSR count). The molecule has 0 aromatic rings. The van der Waals surface area contributed by atoms with Gasteiger partial charge in [-0.05, 0) is 25.7 Å². The predicted molar refractivity (Wildman–Crippen MR) is 38.2 cm³/mol. The van der Waals surface area contributed by atoms with Crippen molar-refractivity contribution < 1.29 is 0 Å². The zero-order valence-electron chi connectivity index (χ0n) is 6.01. The molecule has 0 bridgehead atoms.